The molecule has 1 fully saturated rings. The van der Waals surface area contributed by atoms with Gasteiger partial charge in [-0.05, 0) is 43.0 Å². The second-order valence-electron chi connectivity index (χ2n) is 6.13. The van der Waals surface area contributed by atoms with Crippen LogP contribution in [0.1, 0.15) is 43.5 Å². The van der Waals surface area contributed by atoms with E-state index in [0.717, 1.165) is 31.6 Å². The first-order valence-electron chi connectivity index (χ1n) is 7.65. The van der Waals surface area contributed by atoms with Crippen molar-refractivity contribution in [3.8, 4) is 0 Å². The number of piperidine rings is 1. The number of nitrogens with zero attached hydrogens (tertiary/aromatic N) is 2. The lowest BCUT2D eigenvalue weighted by atomic mass is 10.1. The molecule has 114 valence electrons. The number of carbonyl (C=O) groups excluding carboxylic acids is 2. The Morgan fingerprint density at radius 1 is 1.24 bits per heavy atom. The van der Waals surface area contributed by atoms with Crippen molar-refractivity contribution >= 4 is 17.5 Å². The van der Waals surface area contributed by atoms with Gasteiger partial charge in [0.25, 0.3) is 5.91 Å². The maximum atomic E-state index is 12.3. The van der Waals surface area contributed by atoms with Crippen molar-refractivity contribution in [3.05, 3.63) is 29.8 Å². The van der Waals surface area contributed by atoms with Crippen molar-refractivity contribution < 1.29 is 9.59 Å². The maximum absolute atomic E-state index is 12.3. The SMILES string of the molecule is CC(C)CN(C)C(=O)c1ccc(N2CCCCC2=O)cc1. The molecule has 0 radical (unpaired) electrons. The van der Waals surface area contributed by atoms with Crippen LogP contribution < -0.4 is 4.90 Å². The number of rotatable bonds is 4. The van der Waals surface area contributed by atoms with Gasteiger partial charge in [0.15, 0.2) is 0 Å². The lowest BCUT2D eigenvalue weighted by Crippen LogP contribution is -2.35. The van der Waals surface area contributed by atoms with Gasteiger partial charge < -0.3 is 9.80 Å². The lowest BCUT2D eigenvalue weighted by molar-refractivity contribution is -0.119. The number of benzene rings is 1. The van der Waals surface area contributed by atoms with Crippen LogP contribution in [0.5, 0.6) is 0 Å². The summed E-state index contributed by atoms with van der Waals surface area (Å²) in [7, 11) is 1.82. The van der Waals surface area contributed by atoms with Crippen molar-refractivity contribution in [2.24, 2.45) is 5.92 Å². The summed E-state index contributed by atoms with van der Waals surface area (Å²) in [5.74, 6) is 0.654. The monoisotopic (exact) mass is 288 g/mol. The Kier molecular flexibility index (Phi) is 4.99. The highest BCUT2D eigenvalue weighted by Crippen LogP contribution is 2.21. The summed E-state index contributed by atoms with van der Waals surface area (Å²) in [6.45, 7) is 5.70. The minimum atomic E-state index is 0.0280. The first kappa shape index (κ1) is 15.5. The van der Waals surface area contributed by atoms with Gasteiger partial charge in [0, 0.05) is 37.8 Å². The molecule has 4 nitrogen and oxygen atoms in total. The van der Waals surface area contributed by atoms with Gasteiger partial charge in [0.2, 0.25) is 5.91 Å². The van der Waals surface area contributed by atoms with Crippen LogP contribution in [-0.2, 0) is 4.79 Å². The number of hydrogen-bond acceptors (Lipinski definition) is 2. The van der Waals surface area contributed by atoms with Gasteiger partial charge in [0.05, 0.1) is 0 Å². The summed E-state index contributed by atoms with van der Waals surface area (Å²) in [5, 5.41) is 0. The van der Waals surface area contributed by atoms with Gasteiger partial charge in [-0.2, -0.15) is 0 Å². The molecule has 0 aliphatic carbocycles. The molecule has 0 spiro atoms. The molecule has 1 saturated heterocycles. The molecule has 1 aliphatic rings. The second-order valence-corrected chi connectivity index (χ2v) is 6.13. The summed E-state index contributed by atoms with van der Waals surface area (Å²) in [4.78, 5) is 27.7. The topological polar surface area (TPSA) is 40.6 Å². The van der Waals surface area contributed by atoms with E-state index in [1.807, 2.05) is 36.2 Å². The molecule has 1 aromatic carbocycles. The molecule has 0 unspecified atom stereocenters. The fourth-order valence-corrected chi connectivity index (χ4v) is 2.71. The van der Waals surface area contributed by atoms with Gasteiger partial charge in [0.1, 0.15) is 0 Å². The normalized spacial score (nSPS) is 15.4. The van der Waals surface area contributed by atoms with Crippen LogP contribution in [0.3, 0.4) is 0 Å². The molecule has 0 aromatic heterocycles. The molecule has 21 heavy (non-hydrogen) atoms. The summed E-state index contributed by atoms with van der Waals surface area (Å²) < 4.78 is 0. The van der Waals surface area contributed by atoms with Crippen LogP contribution in [0.4, 0.5) is 5.69 Å². The van der Waals surface area contributed by atoms with Crippen LogP contribution in [0.2, 0.25) is 0 Å². The number of anilines is 1. The smallest absolute Gasteiger partial charge is 0.253 e. The highest BCUT2D eigenvalue weighted by Gasteiger charge is 2.20. The Hall–Kier alpha value is -1.84. The lowest BCUT2D eigenvalue weighted by Gasteiger charge is -2.27. The van der Waals surface area contributed by atoms with Crippen LogP contribution in [0.25, 0.3) is 0 Å². The third-order valence-electron chi connectivity index (χ3n) is 3.74. The Labute approximate surface area is 126 Å². The summed E-state index contributed by atoms with van der Waals surface area (Å²) >= 11 is 0. The molecule has 0 saturated carbocycles. The minimum Gasteiger partial charge on any atom is -0.341 e. The summed E-state index contributed by atoms with van der Waals surface area (Å²) in [5.41, 5.74) is 1.56. The largest absolute Gasteiger partial charge is 0.341 e. The molecule has 2 amide bonds. The first-order valence-corrected chi connectivity index (χ1v) is 7.65. The predicted octanol–water partition coefficient (Wildman–Crippen LogP) is 2.93. The van der Waals surface area contributed by atoms with Gasteiger partial charge in [-0.1, -0.05) is 13.8 Å². The van der Waals surface area contributed by atoms with Crippen LogP contribution in [-0.4, -0.2) is 36.9 Å². The Morgan fingerprint density at radius 3 is 2.48 bits per heavy atom. The zero-order chi connectivity index (χ0) is 15.4. The zero-order valence-corrected chi connectivity index (χ0v) is 13.1. The first-order chi connectivity index (χ1) is 9.99. The number of amides is 2. The minimum absolute atomic E-state index is 0.0280. The molecule has 4 heteroatoms. The Balaban J connectivity index is 2.08. The highest BCUT2D eigenvalue weighted by molar-refractivity contribution is 5.96. The highest BCUT2D eigenvalue weighted by atomic mass is 16.2. The van der Waals surface area contributed by atoms with Crippen LogP contribution >= 0.6 is 0 Å². The number of hydrogen-bond donors (Lipinski definition) is 0. The fourth-order valence-electron chi connectivity index (χ4n) is 2.71. The van der Waals surface area contributed by atoms with Crippen LogP contribution in [0, 0.1) is 5.92 Å². The zero-order valence-electron chi connectivity index (χ0n) is 13.1. The third-order valence-corrected chi connectivity index (χ3v) is 3.74. The summed E-state index contributed by atoms with van der Waals surface area (Å²) in [6, 6.07) is 7.38. The van der Waals surface area contributed by atoms with Gasteiger partial charge in [-0.15, -0.1) is 0 Å². The molecule has 0 bridgehead atoms. The van der Waals surface area contributed by atoms with E-state index in [0.29, 0.717) is 17.9 Å². The molecular weight excluding hydrogens is 264 g/mol. The standard InChI is InChI=1S/C17H24N2O2/c1-13(2)12-18(3)17(21)14-7-9-15(10-8-14)19-11-5-4-6-16(19)20/h7-10,13H,4-6,11-12H2,1-3H3. The molecule has 1 aliphatic heterocycles. The van der Waals surface area contributed by atoms with E-state index in [1.165, 1.54) is 0 Å². The molecule has 1 aromatic rings. The van der Waals surface area contributed by atoms with E-state index in [9.17, 15) is 9.59 Å². The van der Waals surface area contributed by atoms with Gasteiger partial charge in [-0.25, -0.2) is 0 Å². The Morgan fingerprint density at radius 2 is 1.90 bits per heavy atom. The van der Waals surface area contributed by atoms with Gasteiger partial charge >= 0.3 is 0 Å². The molecule has 1 heterocycles. The van der Waals surface area contributed by atoms with E-state index in [2.05, 4.69) is 13.8 Å². The van der Waals surface area contributed by atoms with Crippen molar-refractivity contribution in [2.45, 2.75) is 33.1 Å². The third kappa shape index (κ3) is 3.84. The van der Waals surface area contributed by atoms with Crippen LogP contribution in [0.15, 0.2) is 24.3 Å². The molecule has 0 atom stereocenters. The average molecular weight is 288 g/mol. The molecular formula is C17H24N2O2. The maximum Gasteiger partial charge on any atom is 0.253 e. The van der Waals surface area contributed by atoms with Crippen molar-refractivity contribution in [1.82, 2.24) is 4.90 Å². The van der Waals surface area contributed by atoms with Crippen molar-refractivity contribution in [1.29, 1.82) is 0 Å². The fraction of sp³-hybridized carbons (Fsp3) is 0.529. The average Bonchev–Trinajstić information content (AvgIpc) is 2.46. The quantitative estimate of drug-likeness (QED) is 0.854. The Bertz CT molecular complexity index is 508. The number of carbonyl (C=O) groups is 2. The van der Waals surface area contributed by atoms with E-state index >= 15 is 0 Å². The second kappa shape index (κ2) is 6.74. The molecule has 0 N–H and O–H groups in total. The van der Waals surface area contributed by atoms with E-state index in [1.54, 1.807) is 4.90 Å². The predicted molar refractivity (Wildman–Crippen MR) is 84.4 cm³/mol. The van der Waals surface area contributed by atoms with Crippen molar-refractivity contribution in [2.75, 3.05) is 25.0 Å². The molecule has 2 rings (SSSR count). The van der Waals surface area contributed by atoms with Crippen molar-refractivity contribution in [3.63, 3.8) is 0 Å². The van der Waals surface area contributed by atoms with E-state index in [-0.39, 0.29) is 11.8 Å². The van der Waals surface area contributed by atoms with Gasteiger partial charge in [-0.3, -0.25) is 9.59 Å². The van der Waals surface area contributed by atoms with E-state index in [4.69, 9.17) is 0 Å². The van der Waals surface area contributed by atoms with E-state index < -0.39 is 0 Å². The summed E-state index contributed by atoms with van der Waals surface area (Å²) in [6.07, 6.45) is 2.65.